The molecular weight excluding hydrogens is 300 g/mol. The van der Waals surface area contributed by atoms with E-state index < -0.39 is 0 Å². The van der Waals surface area contributed by atoms with Crippen molar-refractivity contribution in [1.29, 1.82) is 0 Å². The Labute approximate surface area is 149 Å². The zero-order chi connectivity index (χ0) is 17.3. The zero-order valence-corrected chi connectivity index (χ0v) is 15.8. The molecule has 0 aliphatic carbocycles. The minimum Gasteiger partial charge on any atom is -0.297 e. The molecule has 0 N–H and O–H groups in total. The SMILES string of the molecule is CCCCCCCCC=CCCCCCCCC(=O)C1CCOO1. The van der Waals surface area contributed by atoms with Gasteiger partial charge in [-0.05, 0) is 32.1 Å². The van der Waals surface area contributed by atoms with Crippen LogP contribution in [0.3, 0.4) is 0 Å². The highest BCUT2D eigenvalue weighted by atomic mass is 17.2. The number of unbranched alkanes of at least 4 members (excludes halogenated alkanes) is 11. The number of carbonyl (C=O) groups excluding carboxylic acids is 1. The van der Waals surface area contributed by atoms with Crippen molar-refractivity contribution in [3.05, 3.63) is 12.2 Å². The fraction of sp³-hybridized carbons (Fsp3) is 0.857. The van der Waals surface area contributed by atoms with Gasteiger partial charge in [0.1, 0.15) is 0 Å². The number of allylic oxidation sites excluding steroid dienone is 2. The van der Waals surface area contributed by atoms with E-state index >= 15 is 0 Å². The molecular formula is C21H38O3. The van der Waals surface area contributed by atoms with Crippen LogP contribution in [0.1, 0.15) is 103 Å². The number of hydrogen-bond acceptors (Lipinski definition) is 3. The highest BCUT2D eigenvalue weighted by molar-refractivity contribution is 5.83. The van der Waals surface area contributed by atoms with E-state index in [4.69, 9.17) is 9.78 Å². The lowest BCUT2D eigenvalue weighted by Crippen LogP contribution is -2.18. The van der Waals surface area contributed by atoms with Crippen LogP contribution in [0.25, 0.3) is 0 Å². The summed E-state index contributed by atoms with van der Waals surface area (Å²) in [5.74, 6) is 0.213. The topological polar surface area (TPSA) is 35.5 Å². The molecule has 1 rings (SSSR count). The van der Waals surface area contributed by atoms with Crippen LogP contribution >= 0.6 is 0 Å². The molecule has 0 aromatic carbocycles. The molecule has 0 bridgehead atoms. The number of carbonyl (C=O) groups is 1. The zero-order valence-electron chi connectivity index (χ0n) is 15.8. The predicted octanol–water partition coefficient (Wildman–Crippen LogP) is 6.31. The second-order valence-corrected chi connectivity index (χ2v) is 7.00. The second-order valence-electron chi connectivity index (χ2n) is 7.00. The maximum Gasteiger partial charge on any atom is 0.164 e. The number of Topliss-reactive ketones (excluding diaryl/α,β-unsaturated/α-hetero) is 1. The standard InChI is InChI=1S/C21H38O3/c1-2-3-4-5-6-7-8-9-10-11-12-13-14-15-16-17-20(22)21-18-19-23-24-21/h9-10,21H,2-8,11-19H2,1H3. The smallest absolute Gasteiger partial charge is 0.164 e. The molecule has 0 aromatic heterocycles. The molecule has 1 atom stereocenters. The van der Waals surface area contributed by atoms with Crippen LogP contribution in [0, 0.1) is 0 Å². The van der Waals surface area contributed by atoms with Crippen molar-refractivity contribution in [3.8, 4) is 0 Å². The van der Waals surface area contributed by atoms with Gasteiger partial charge >= 0.3 is 0 Å². The summed E-state index contributed by atoms with van der Waals surface area (Å²) < 4.78 is 0. The van der Waals surface area contributed by atoms with E-state index in [1.807, 2.05) is 0 Å². The van der Waals surface area contributed by atoms with E-state index in [9.17, 15) is 4.79 Å². The Morgan fingerprint density at radius 3 is 2.04 bits per heavy atom. The molecule has 1 aliphatic heterocycles. The fourth-order valence-corrected chi connectivity index (χ4v) is 3.08. The number of rotatable bonds is 16. The molecule has 1 fully saturated rings. The van der Waals surface area contributed by atoms with Gasteiger partial charge in [0.2, 0.25) is 0 Å². The Hall–Kier alpha value is -0.670. The van der Waals surface area contributed by atoms with Crippen molar-refractivity contribution < 1.29 is 14.6 Å². The molecule has 3 nitrogen and oxygen atoms in total. The summed E-state index contributed by atoms with van der Waals surface area (Å²) in [7, 11) is 0. The molecule has 1 saturated heterocycles. The molecule has 0 saturated carbocycles. The first-order valence-electron chi connectivity index (χ1n) is 10.3. The molecule has 1 aliphatic rings. The molecule has 0 aromatic rings. The summed E-state index contributed by atoms with van der Waals surface area (Å²) in [6.45, 7) is 2.83. The average Bonchev–Trinajstić information content (AvgIpc) is 3.13. The van der Waals surface area contributed by atoms with Crippen molar-refractivity contribution in [2.45, 2.75) is 109 Å². The van der Waals surface area contributed by atoms with E-state index in [1.165, 1.54) is 70.6 Å². The summed E-state index contributed by atoms with van der Waals surface area (Å²) >= 11 is 0. The van der Waals surface area contributed by atoms with Crippen molar-refractivity contribution in [2.24, 2.45) is 0 Å². The van der Waals surface area contributed by atoms with Gasteiger partial charge in [0.25, 0.3) is 0 Å². The summed E-state index contributed by atoms with van der Waals surface area (Å²) in [5.41, 5.74) is 0. The second kappa shape index (κ2) is 15.8. The molecule has 140 valence electrons. The summed E-state index contributed by atoms with van der Waals surface area (Å²) in [6, 6.07) is 0. The van der Waals surface area contributed by atoms with Gasteiger partial charge in [-0.3, -0.25) is 4.79 Å². The van der Waals surface area contributed by atoms with Gasteiger partial charge in [-0.15, -0.1) is 0 Å². The van der Waals surface area contributed by atoms with Crippen LogP contribution in [0.15, 0.2) is 12.2 Å². The summed E-state index contributed by atoms with van der Waals surface area (Å²) in [4.78, 5) is 21.5. The van der Waals surface area contributed by atoms with Crippen LogP contribution in [0.4, 0.5) is 0 Å². The number of ketones is 1. The average molecular weight is 339 g/mol. The van der Waals surface area contributed by atoms with Crippen LogP contribution in [0.2, 0.25) is 0 Å². The van der Waals surface area contributed by atoms with Crippen molar-refractivity contribution >= 4 is 5.78 Å². The molecule has 0 spiro atoms. The number of hydrogen-bond donors (Lipinski definition) is 0. The maximum atomic E-state index is 11.8. The van der Waals surface area contributed by atoms with Crippen molar-refractivity contribution in [1.82, 2.24) is 0 Å². The van der Waals surface area contributed by atoms with E-state index in [2.05, 4.69) is 19.1 Å². The van der Waals surface area contributed by atoms with Crippen LogP contribution < -0.4 is 0 Å². The Kier molecular flexibility index (Phi) is 14.1. The van der Waals surface area contributed by atoms with Gasteiger partial charge in [0.15, 0.2) is 11.9 Å². The van der Waals surface area contributed by atoms with E-state index in [0.717, 1.165) is 19.3 Å². The highest BCUT2D eigenvalue weighted by Crippen LogP contribution is 2.15. The van der Waals surface area contributed by atoms with Crippen molar-refractivity contribution in [3.63, 3.8) is 0 Å². The highest BCUT2D eigenvalue weighted by Gasteiger charge is 2.24. The maximum absolute atomic E-state index is 11.8. The third-order valence-corrected chi connectivity index (χ3v) is 4.69. The minimum absolute atomic E-state index is 0.213. The van der Waals surface area contributed by atoms with Gasteiger partial charge in [-0.2, -0.15) is 0 Å². The lowest BCUT2D eigenvalue weighted by atomic mass is 10.0. The monoisotopic (exact) mass is 338 g/mol. The van der Waals surface area contributed by atoms with Crippen molar-refractivity contribution in [2.75, 3.05) is 6.61 Å². The molecule has 0 amide bonds. The normalized spacial score (nSPS) is 17.8. The lowest BCUT2D eigenvalue weighted by Gasteiger charge is -2.05. The van der Waals surface area contributed by atoms with Crippen LogP contribution in [0.5, 0.6) is 0 Å². The third kappa shape index (κ3) is 11.8. The van der Waals surface area contributed by atoms with E-state index in [1.54, 1.807) is 0 Å². The lowest BCUT2D eigenvalue weighted by molar-refractivity contribution is -0.268. The summed E-state index contributed by atoms with van der Waals surface area (Å²) in [6.07, 6.45) is 22.5. The van der Waals surface area contributed by atoms with E-state index in [0.29, 0.717) is 13.0 Å². The van der Waals surface area contributed by atoms with Crippen LogP contribution in [-0.2, 0) is 14.6 Å². The molecule has 24 heavy (non-hydrogen) atoms. The largest absolute Gasteiger partial charge is 0.297 e. The molecule has 3 heteroatoms. The minimum atomic E-state index is -0.290. The van der Waals surface area contributed by atoms with Gasteiger partial charge in [0, 0.05) is 12.8 Å². The Balaban J connectivity index is 1.77. The molecule has 0 radical (unpaired) electrons. The van der Waals surface area contributed by atoms with E-state index in [-0.39, 0.29) is 11.9 Å². The Bertz CT molecular complexity index is 319. The van der Waals surface area contributed by atoms with Gasteiger partial charge in [-0.1, -0.05) is 70.4 Å². The Morgan fingerprint density at radius 2 is 1.46 bits per heavy atom. The summed E-state index contributed by atoms with van der Waals surface area (Å²) in [5, 5.41) is 0. The van der Waals surface area contributed by atoms with Crippen LogP contribution in [-0.4, -0.2) is 18.5 Å². The molecule has 1 heterocycles. The Morgan fingerprint density at radius 1 is 0.875 bits per heavy atom. The van der Waals surface area contributed by atoms with Gasteiger partial charge in [0.05, 0.1) is 6.61 Å². The third-order valence-electron chi connectivity index (χ3n) is 4.69. The first kappa shape index (κ1) is 21.4. The first-order valence-corrected chi connectivity index (χ1v) is 10.3. The fourth-order valence-electron chi connectivity index (χ4n) is 3.08. The van der Waals surface area contributed by atoms with Gasteiger partial charge in [-0.25, -0.2) is 9.78 Å². The van der Waals surface area contributed by atoms with Gasteiger partial charge < -0.3 is 0 Å². The predicted molar refractivity (Wildman–Crippen MR) is 99.9 cm³/mol. The first-order chi connectivity index (χ1) is 11.8. The quantitative estimate of drug-likeness (QED) is 0.188. The molecule has 1 unspecified atom stereocenters.